The fourth-order valence-electron chi connectivity index (χ4n) is 2.01. The van der Waals surface area contributed by atoms with Crippen molar-refractivity contribution >= 4 is 29.4 Å². The first kappa shape index (κ1) is 19.6. The summed E-state index contributed by atoms with van der Waals surface area (Å²) in [5.74, 6) is 0.599. The molecule has 0 aliphatic carbocycles. The van der Waals surface area contributed by atoms with E-state index < -0.39 is 0 Å². The van der Waals surface area contributed by atoms with E-state index in [0.29, 0.717) is 22.7 Å². The number of nitrogens with zero attached hydrogens (tertiary/aromatic N) is 1. The Bertz CT molecular complexity index is 747. The predicted octanol–water partition coefficient (Wildman–Crippen LogP) is 3.21. The van der Waals surface area contributed by atoms with Gasteiger partial charge in [-0.3, -0.25) is 9.59 Å². The topological polar surface area (TPSA) is 74.8 Å². The molecule has 1 aromatic heterocycles. The Morgan fingerprint density at radius 1 is 1.24 bits per heavy atom. The van der Waals surface area contributed by atoms with Crippen molar-refractivity contribution in [2.24, 2.45) is 0 Å². The summed E-state index contributed by atoms with van der Waals surface area (Å²) in [6, 6.07) is 11.3. The second kappa shape index (κ2) is 9.68. The van der Waals surface area contributed by atoms with E-state index in [9.17, 15) is 9.59 Å². The smallest absolute Gasteiger partial charge is 0.251 e. The molecule has 0 saturated carbocycles. The fraction of sp³-hybridized carbons (Fsp3) is 0.389. The molecular weight excluding hydrogens is 354 g/mol. The van der Waals surface area contributed by atoms with Crippen LogP contribution in [0, 0.1) is 0 Å². The van der Waals surface area contributed by atoms with Crippen LogP contribution in [0.3, 0.4) is 0 Å². The second-order valence-corrected chi connectivity index (χ2v) is 8.76. The van der Waals surface area contributed by atoms with Crippen LogP contribution in [0.2, 0.25) is 0 Å². The molecule has 0 aliphatic rings. The Labute approximate surface area is 156 Å². The van der Waals surface area contributed by atoms with Crippen LogP contribution in [0.1, 0.15) is 32.0 Å². The largest absolute Gasteiger partial charge is 0.351 e. The van der Waals surface area contributed by atoms with Gasteiger partial charge in [0.05, 0.1) is 10.9 Å². The third-order valence-electron chi connectivity index (χ3n) is 3.30. The number of rotatable bonds is 8. The monoisotopic (exact) mass is 377 g/mol. The summed E-state index contributed by atoms with van der Waals surface area (Å²) in [5.41, 5.74) is 1.60. The number of H-pyrrole nitrogens is 1. The molecule has 5 nitrogen and oxygen atoms in total. The minimum Gasteiger partial charge on any atom is -0.351 e. The number of nitrogens with one attached hydrogen (secondary N) is 2. The quantitative estimate of drug-likeness (QED) is 0.546. The normalized spacial score (nSPS) is 12.2. The molecule has 0 aliphatic heterocycles. The van der Waals surface area contributed by atoms with Crippen molar-refractivity contribution in [3.63, 3.8) is 0 Å². The first-order valence-corrected chi connectivity index (χ1v) is 10.1. The van der Waals surface area contributed by atoms with Gasteiger partial charge >= 0.3 is 0 Å². The maximum Gasteiger partial charge on any atom is 0.251 e. The maximum atomic E-state index is 12.2. The number of aromatic nitrogens is 2. The van der Waals surface area contributed by atoms with E-state index in [1.807, 2.05) is 30.3 Å². The number of hydrogen-bond donors (Lipinski definition) is 2. The van der Waals surface area contributed by atoms with E-state index in [2.05, 4.69) is 29.1 Å². The lowest BCUT2D eigenvalue weighted by atomic mass is 10.2. The van der Waals surface area contributed by atoms with Gasteiger partial charge in [0.2, 0.25) is 5.91 Å². The zero-order valence-electron chi connectivity index (χ0n) is 14.6. The third kappa shape index (κ3) is 6.96. The summed E-state index contributed by atoms with van der Waals surface area (Å²) in [4.78, 5) is 31.2. The van der Waals surface area contributed by atoms with Crippen molar-refractivity contribution in [2.45, 2.75) is 48.7 Å². The average Bonchev–Trinajstić information content (AvgIpc) is 2.58. The maximum absolute atomic E-state index is 12.2. The molecule has 2 N–H and O–H groups in total. The first-order chi connectivity index (χ1) is 11.9. The van der Waals surface area contributed by atoms with E-state index in [-0.39, 0.29) is 16.7 Å². The highest BCUT2D eigenvalue weighted by atomic mass is 32.2. The first-order valence-electron chi connectivity index (χ1n) is 8.14. The van der Waals surface area contributed by atoms with Crippen molar-refractivity contribution in [1.29, 1.82) is 0 Å². The molecule has 1 atom stereocenters. The van der Waals surface area contributed by atoms with Gasteiger partial charge in [-0.1, -0.05) is 55.9 Å². The van der Waals surface area contributed by atoms with Crippen LogP contribution in [-0.2, 0) is 17.1 Å². The van der Waals surface area contributed by atoms with Gasteiger partial charge < -0.3 is 10.3 Å². The highest BCUT2D eigenvalue weighted by molar-refractivity contribution is 8.00. The lowest BCUT2D eigenvalue weighted by Crippen LogP contribution is -2.30. The van der Waals surface area contributed by atoms with Gasteiger partial charge in [-0.15, -0.1) is 0 Å². The van der Waals surface area contributed by atoms with Gasteiger partial charge in [0.25, 0.3) is 5.56 Å². The summed E-state index contributed by atoms with van der Waals surface area (Å²) in [6.07, 6.45) is 0. The average molecular weight is 378 g/mol. The van der Waals surface area contributed by atoms with Gasteiger partial charge in [-0.25, -0.2) is 4.98 Å². The zero-order valence-corrected chi connectivity index (χ0v) is 16.2. The SMILES string of the molecule is CC(C)SCc1cc(=O)[nH]c(SC(C)C(=O)NCc2ccccc2)n1. The number of hydrogen-bond acceptors (Lipinski definition) is 5. The molecule has 1 unspecified atom stereocenters. The van der Waals surface area contributed by atoms with Gasteiger partial charge in [-0.2, -0.15) is 11.8 Å². The Balaban J connectivity index is 1.93. The lowest BCUT2D eigenvalue weighted by Gasteiger charge is -2.12. The van der Waals surface area contributed by atoms with Crippen LogP contribution < -0.4 is 10.9 Å². The summed E-state index contributed by atoms with van der Waals surface area (Å²) >= 11 is 2.99. The molecule has 0 bridgehead atoms. The summed E-state index contributed by atoms with van der Waals surface area (Å²) in [7, 11) is 0. The Kier molecular flexibility index (Phi) is 7.58. The third-order valence-corrected chi connectivity index (χ3v) is 5.42. The summed E-state index contributed by atoms with van der Waals surface area (Å²) < 4.78 is 0. The van der Waals surface area contributed by atoms with Crippen molar-refractivity contribution in [3.8, 4) is 0 Å². The number of carbonyl (C=O) groups excluding carboxylic acids is 1. The van der Waals surface area contributed by atoms with Crippen molar-refractivity contribution in [3.05, 3.63) is 58.0 Å². The second-order valence-electron chi connectivity index (χ2n) is 5.87. The van der Waals surface area contributed by atoms with Crippen LogP contribution in [0.5, 0.6) is 0 Å². The van der Waals surface area contributed by atoms with Gasteiger partial charge in [0, 0.05) is 18.4 Å². The van der Waals surface area contributed by atoms with Crippen molar-refractivity contribution < 1.29 is 4.79 Å². The molecule has 1 heterocycles. The molecule has 2 rings (SSSR count). The summed E-state index contributed by atoms with van der Waals surface area (Å²) in [5, 5.41) is 3.51. The van der Waals surface area contributed by atoms with Crippen molar-refractivity contribution in [2.75, 3.05) is 0 Å². The number of thioether (sulfide) groups is 2. The minimum absolute atomic E-state index is 0.0848. The van der Waals surface area contributed by atoms with Crippen molar-refractivity contribution in [1.82, 2.24) is 15.3 Å². The molecule has 0 saturated heterocycles. The molecule has 0 spiro atoms. The van der Waals surface area contributed by atoms with E-state index in [1.54, 1.807) is 18.7 Å². The van der Waals surface area contributed by atoms with Gasteiger partial charge in [0.15, 0.2) is 5.16 Å². The molecule has 134 valence electrons. The molecule has 7 heteroatoms. The fourth-order valence-corrected chi connectivity index (χ4v) is 3.52. The predicted molar refractivity (Wildman–Crippen MR) is 105 cm³/mol. The van der Waals surface area contributed by atoms with Crippen LogP contribution in [0.15, 0.2) is 46.3 Å². The van der Waals surface area contributed by atoms with Crippen LogP contribution in [0.25, 0.3) is 0 Å². The molecule has 2 aromatic rings. The molecule has 25 heavy (non-hydrogen) atoms. The summed E-state index contributed by atoms with van der Waals surface area (Å²) in [6.45, 7) is 6.50. The minimum atomic E-state index is -0.347. The highest BCUT2D eigenvalue weighted by Gasteiger charge is 2.16. The van der Waals surface area contributed by atoms with Gasteiger partial charge in [-0.05, 0) is 17.7 Å². The number of aromatic amines is 1. The highest BCUT2D eigenvalue weighted by Crippen LogP contribution is 2.20. The number of carbonyl (C=O) groups is 1. The Hall–Kier alpha value is -1.73. The number of benzene rings is 1. The van der Waals surface area contributed by atoms with Crippen LogP contribution in [0.4, 0.5) is 0 Å². The lowest BCUT2D eigenvalue weighted by molar-refractivity contribution is -0.120. The number of amides is 1. The standard InChI is InChI=1S/C18H23N3O2S2/c1-12(2)24-11-15-9-16(22)21-18(20-15)25-13(3)17(23)19-10-14-7-5-4-6-8-14/h4-9,12-13H,10-11H2,1-3H3,(H,19,23)(H,20,21,22). The van der Waals surface area contributed by atoms with E-state index in [4.69, 9.17) is 0 Å². The van der Waals surface area contributed by atoms with Gasteiger partial charge in [0.1, 0.15) is 0 Å². The van der Waals surface area contributed by atoms with E-state index in [1.165, 1.54) is 17.8 Å². The Morgan fingerprint density at radius 2 is 1.96 bits per heavy atom. The molecule has 1 aromatic carbocycles. The van der Waals surface area contributed by atoms with E-state index >= 15 is 0 Å². The molecule has 0 radical (unpaired) electrons. The zero-order chi connectivity index (χ0) is 18.2. The molecular formula is C18H23N3O2S2. The van der Waals surface area contributed by atoms with E-state index in [0.717, 1.165) is 11.3 Å². The van der Waals surface area contributed by atoms with Crippen LogP contribution in [-0.4, -0.2) is 26.4 Å². The Morgan fingerprint density at radius 3 is 2.64 bits per heavy atom. The molecule has 1 amide bonds. The van der Waals surface area contributed by atoms with Crippen LogP contribution >= 0.6 is 23.5 Å². The molecule has 0 fully saturated rings.